The molecule has 5 heteroatoms. The number of carbonyl (C=O) groups excluding carboxylic acids is 1. The molecule has 2 heterocycles. The van der Waals surface area contributed by atoms with E-state index in [-0.39, 0.29) is 11.8 Å². The van der Waals surface area contributed by atoms with Crippen molar-refractivity contribution in [1.29, 1.82) is 0 Å². The van der Waals surface area contributed by atoms with Crippen molar-refractivity contribution < 1.29 is 4.79 Å². The molecule has 0 amide bonds. The Kier molecular flexibility index (Phi) is 4.62. The van der Waals surface area contributed by atoms with Crippen molar-refractivity contribution in [2.45, 2.75) is 12.5 Å². The second kappa shape index (κ2) is 7.37. The number of carbonyl (C=O) groups is 1. The van der Waals surface area contributed by atoms with Gasteiger partial charge in [-0.1, -0.05) is 48.5 Å². The Balaban J connectivity index is 1.60. The summed E-state index contributed by atoms with van der Waals surface area (Å²) in [4.78, 5) is 16.5. The standard InChI is InChI=1S/C21H20N4O/c26-21(18-14-23-19-9-5-4-8-17(18)19)20(16-6-2-1-3-7-16)22-11-10-15-12-24-25-13-15/h1-9,12-14,20,22-23H,10-11H2,(H,24,25)/t20-/m0/s1. The first-order chi connectivity index (χ1) is 12.8. The Hall–Kier alpha value is -3.18. The molecule has 26 heavy (non-hydrogen) atoms. The third-order valence-corrected chi connectivity index (χ3v) is 4.57. The summed E-state index contributed by atoms with van der Waals surface area (Å²) in [6, 6.07) is 17.4. The molecule has 0 fully saturated rings. The predicted octanol–water partition coefficient (Wildman–Crippen LogP) is 3.65. The average molecular weight is 344 g/mol. The topological polar surface area (TPSA) is 73.6 Å². The molecule has 130 valence electrons. The van der Waals surface area contributed by atoms with Gasteiger partial charge >= 0.3 is 0 Å². The van der Waals surface area contributed by atoms with Gasteiger partial charge in [0.15, 0.2) is 5.78 Å². The molecule has 0 aliphatic carbocycles. The number of aromatic nitrogens is 3. The van der Waals surface area contributed by atoms with Gasteiger partial charge in [-0.15, -0.1) is 0 Å². The summed E-state index contributed by atoms with van der Waals surface area (Å²) < 4.78 is 0. The van der Waals surface area contributed by atoms with Gasteiger partial charge in [0, 0.05) is 35.4 Å². The number of para-hydroxylation sites is 1. The van der Waals surface area contributed by atoms with E-state index in [2.05, 4.69) is 20.5 Å². The Morgan fingerprint density at radius 3 is 2.65 bits per heavy atom. The molecule has 4 aromatic rings. The Morgan fingerprint density at radius 2 is 1.85 bits per heavy atom. The summed E-state index contributed by atoms with van der Waals surface area (Å²) in [7, 11) is 0. The zero-order valence-corrected chi connectivity index (χ0v) is 14.3. The second-order valence-electron chi connectivity index (χ2n) is 6.27. The summed E-state index contributed by atoms with van der Waals surface area (Å²) in [5, 5.41) is 11.2. The zero-order valence-electron chi connectivity index (χ0n) is 14.3. The van der Waals surface area contributed by atoms with Crippen LogP contribution in [0.5, 0.6) is 0 Å². The van der Waals surface area contributed by atoms with E-state index in [0.29, 0.717) is 12.1 Å². The third kappa shape index (κ3) is 3.30. The average Bonchev–Trinajstić information content (AvgIpc) is 3.35. The predicted molar refractivity (Wildman–Crippen MR) is 102 cm³/mol. The number of aromatic amines is 2. The van der Waals surface area contributed by atoms with Crippen molar-refractivity contribution in [3.05, 3.63) is 89.9 Å². The van der Waals surface area contributed by atoms with E-state index in [1.165, 1.54) is 0 Å². The van der Waals surface area contributed by atoms with Crippen LogP contribution >= 0.6 is 0 Å². The fourth-order valence-electron chi connectivity index (χ4n) is 3.21. The molecule has 0 radical (unpaired) electrons. The van der Waals surface area contributed by atoms with Crippen LogP contribution in [0.1, 0.15) is 27.5 Å². The first-order valence-corrected chi connectivity index (χ1v) is 8.69. The van der Waals surface area contributed by atoms with Gasteiger partial charge in [0.25, 0.3) is 0 Å². The third-order valence-electron chi connectivity index (χ3n) is 4.57. The van der Waals surface area contributed by atoms with Gasteiger partial charge in [-0.05, 0) is 23.6 Å². The van der Waals surface area contributed by atoms with Crippen molar-refractivity contribution in [3.8, 4) is 0 Å². The lowest BCUT2D eigenvalue weighted by Gasteiger charge is -2.18. The van der Waals surface area contributed by atoms with Gasteiger partial charge in [-0.2, -0.15) is 5.10 Å². The molecular weight excluding hydrogens is 324 g/mol. The fourth-order valence-corrected chi connectivity index (χ4v) is 3.21. The molecule has 2 aromatic carbocycles. The van der Waals surface area contributed by atoms with Crippen LogP contribution in [0.15, 0.2) is 73.2 Å². The summed E-state index contributed by atoms with van der Waals surface area (Å²) in [6.07, 6.45) is 6.29. The SMILES string of the molecule is O=C(c1c[nH]c2ccccc12)[C@@H](NCCc1cn[nH]c1)c1ccccc1. The molecule has 2 aromatic heterocycles. The van der Waals surface area contributed by atoms with Crippen LogP contribution in [0, 0.1) is 0 Å². The monoisotopic (exact) mass is 344 g/mol. The number of ketones is 1. The van der Waals surface area contributed by atoms with E-state index in [9.17, 15) is 4.79 Å². The Labute approximate surface area is 151 Å². The first kappa shape index (κ1) is 16.3. The van der Waals surface area contributed by atoms with Crippen molar-refractivity contribution in [1.82, 2.24) is 20.5 Å². The van der Waals surface area contributed by atoms with E-state index in [0.717, 1.165) is 28.5 Å². The van der Waals surface area contributed by atoms with Gasteiger partial charge in [0.05, 0.1) is 12.2 Å². The van der Waals surface area contributed by atoms with Gasteiger partial charge in [-0.25, -0.2) is 0 Å². The molecule has 1 atom stereocenters. The molecule has 4 rings (SSSR count). The molecule has 3 N–H and O–H groups in total. The minimum Gasteiger partial charge on any atom is -0.360 e. The number of benzene rings is 2. The second-order valence-corrected chi connectivity index (χ2v) is 6.27. The molecule has 0 bridgehead atoms. The zero-order chi connectivity index (χ0) is 17.8. The minimum atomic E-state index is -0.387. The number of Topliss-reactive ketones (excluding diaryl/α,β-unsaturated/α-hetero) is 1. The number of hydrogen-bond acceptors (Lipinski definition) is 3. The van der Waals surface area contributed by atoms with Crippen LogP contribution in [-0.4, -0.2) is 27.5 Å². The quantitative estimate of drug-likeness (QED) is 0.448. The van der Waals surface area contributed by atoms with E-state index in [1.807, 2.05) is 60.8 Å². The van der Waals surface area contributed by atoms with E-state index >= 15 is 0 Å². The molecule has 0 spiro atoms. The van der Waals surface area contributed by atoms with Crippen molar-refractivity contribution >= 4 is 16.7 Å². The number of nitrogens with zero attached hydrogens (tertiary/aromatic N) is 1. The lowest BCUT2D eigenvalue weighted by atomic mass is 9.97. The van der Waals surface area contributed by atoms with Crippen LogP contribution in [0.25, 0.3) is 10.9 Å². The first-order valence-electron chi connectivity index (χ1n) is 8.69. The molecule has 0 saturated heterocycles. The smallest absolute Gasteiger partial charge is 0.186 e. The summed E-state index contributed by atoms with van der Waals surface area (Å²) in [5.74, 6) is 0.0702. The highest BCUT2D eigenvalue weighted by atomic mass is 16.1. The maximum atomic E-state index is 13.3. The van der Waals surface area contributed by atoms with Gasteiger partial charge in [0.1, 0.15) is 0 Å². The molecule has 0 aliphatic rings. The van der Waals surface area contributed by atoms with Crippen LogP contribution in [-0.2, 0) is 6.42 Å². The Bertz CT molecular complexity index is 989. The van der Waals surface area contributed by atoms with Crippen molar-refractivity contribution in [2.75, 3.05) is 6.54 Å². The number of hydrogen-bond donors (Lipinski definition) is 3. The maximum Gasteiger partial charge on any atom is 0.186 e. The minimum absolute atomic E-state index is 0.0702. The summed E-state index contributed by atoms with van der Waals surface area (Å²) in [5.41, 5.74) is 3.77. The molecule has 0 unspecified atom stereocenters. The van der Waals surface area contributed by atoms with Crippen LogP contribution in [0.2, 0.25) is 0 Å². The van der Waals surface area contributed by atoms with Gasteiger partial charge in [0.2, 0.25) is 0 Å². The Morgan fingerprint density at radius 1 is 1.04 bits per heavy atom. The summed E-state index contributed by atoms with van der Waals surface area (Å²) >= 11 is 0. The highest BCUT2D eigenvalue weighted by Gasteiger charge is 2.23. The lowest BCUT2D eigenvalue weighted by molar-refractivity contribution is 0.0945. The highest BCUT2D eigenvalue weighted by Crippen LogP contribution is 2.24. The van der Waals surface area contributed by atoms with Crippen LogP contribution in [0.3, 0.4) is 0 Å². The number of fused-ring (bicyclic) bond motifs is 1. The molecule has 0 saturated carbocycles. The fraction of sp³-hybridized carbons (Fsp3) is 0.143. The number of rotatable bonds is 7. The lowest BCUT2D eigenvalue weighted by Crippen LogP contribution is -2.30. The van der Waals surface area contributed by atoms with Crippen molar-refractivity contribution in [2.24, 2.45) is 0 Å². The summed E-state index contributed by atoms with van der Waals surface area (Å²) in [6.45, 7) is 0.688. The van der Waals surface area contributed by atoms with Crippen LogP contribution < -0.4 is 5.32 Å². The normalized spacial score (nSPS) is 12.3. The van der Waals surface area contributed by atoms with Gasteiger partial charge < -0.3 is 10.3 Å². The largest absolute Gasteiger partial charge is 0.360 e. The maximum absolute atomic E-state index is 13.3. The highest BCUT2D eigenvalue weighted by molar-refractivity contribution is 6.10. The van der Waals surface area contributed by atoms with Gasteiger partial charge in [-0.3, -0.25) is 9.89 Å². The number of H-pyrrole nitrogens is 2. The number of nitrogens with one attached hydrogen (secondary N) is 3. The van der Waals surface area contributed by atoms with E-state index in [4.69, 9.17) is 0 Å². The molecule has 0 aliphatic heterocycles. The van der Waals surface area contributed by atoms with Crippen molar-refractivity contribution in [3.63, 3.8) is 0 Å². The molecule has 5 nitrogen and oxygen atoms in total. The van der Waals surface area contributed by atoms with E-state index < -0.39 is 0 Å². The van der Waals surface area contributed by atoms with E-state index in [1.54, 1.807) is 12.4 Å². The van der Waals surface area contributed by atoms with Crippen LogP contribution in [0.4, 0.5) is 0 Å². The molecular formula is C21H20N4O.